The van der Waals surface area contributed by atoms with Crippen molar-refractivity contribution in [2.24, 2.45) is 0 Å². The van der Waals surface area contributed by atoms with Gasteiger partial charge in [0, 0.05) is 58.0 Å². The second kappa shape index (κ2) is 11.2. The number of aryl methyl sites for hydroxylation is 1. The topological polar surface area (TPSA) is 95.1 Å². The van der Waals surface area contributed by atoms with Crippen LogP contribution in [-0.4, -0.2) is 64.3 Å². The highest BCUT2D eigenvalue weighted by Gasteiger charge is 2.29. The van der Waals surface area contributed by atoms with Crippen LogP contribution in [0.1, 0.15) is 37.1 Å². The summed E-state index contributed by atoms with van der Waals surface area (Å²) >= 11 is 6.70. The Bertz CT molecular complexity index is 1860. The fourth-order valence-corrected chi connectivity index (χ4v) is 7.53. The van der Waals surface area contributed by atoms with Crippen molar-refractivity contribution >= 4 is 32.7 Å². The van der Waals surface area contributed by atoms with Crippen LogP contribution in [0.25, 0.3) is 33.3 Å². The van der Waals surface area contributed by atoms with E-state index in [1.54, 1.807) is 49.8 Å². The molecule has 218 valence electrons. The van der Waals surface area contributed by atoms with Crippen molar-refractivity contribution in [3.63, 3.8) is 0 Å². The van der Waals surface area contributed by atoms with E-state index in [4.69, 9.17) is 21.3 Å². The predicted molar refractivity (Wildman–Crippen MR) is 165 cm³/mol. The molecular formula is C31H33ClN6O3S. The van der Waals surface area contributed by atoms with Gasteiger partial charge in [-0.2, -0.15) is 5.10 Å². The molecule has 0 atom stereocenters. The zero-order valence-corrected chi connectivity index (χ0v) is 25.7. The molecular weight excluding hydrogens is 572 g/mol. The Labute approximate surface area is 250 Å². The van der Waals surface area contributed by atoms with Crippen LogP contribution in [0.5, 0.6) is 5.88 Å². The van der Waals surface area contributed by atoms with Crippen LogP contribution in [0.4, 0.5) is 0 Å². The molecule has 0 saturated carbocycles. The van der Waals surface area contributed by atoms with Gasteiger partial charge >= 0.3 is 0 Å². The van der Waals surface area contributed by atoms with Gasteiger partial charge in [-0.25, -0.2) is 22.4 Å². The Kier molecular flexibility index (Phi) is 7.55. The van der Waals surface area contributed by atoms with E-state index in [0.717, 1.165) is 53.7 Å². The summed E-state index contributed by atoms with van der Waals surface area (Å²) in [6.45, 7) is 5.88. The zero-order valence-electron chi connectivity index (χ0n) is 24.1. The molecule has 5 aromatic rings. The van der Waals surface area contributed by atoms with Gasteiger partial charge < -0.3 is 9.64 Å². The van der Waals surface area contributed by atoms with Crippen molar-refractivity contribution < 1.29 is 13.2 Å². The molecule has 6 rings (SSSR count). The summed E-state index contributed by atoms with van der Waals surface area (Å²) in [4.78, 5) is 11.7. The quantitative estimate of drug-likeness (QED) is 0.225. The summed E-state index contributed by atoms with van der Waals surface area (Å²) in [5.74, 6) is 0.472. The molecule has 1 saturated heterocycles. The molecule has 0 bridgehead atoms. The average Bonchev–Trinajstić information content (AvgIpc) is 3.55. The summed E-state index contributed by atoms with van der Waals surface area (Å²) < 4.78 is 36.9. The Morgan fingerprint density at radius 3 is 2.38 bits per heavy atom. The minimum atomic E-state index is -3.96. The van der Waals surface area contributed by atoms with E-state index in [-0.39, 0.29) is 10.9 Å². The van der Waals surface area contributed by atoms with Crippen molar-refractivity contribution in [2.75, 3.05) is 27.2 Å². The van der Waals surface area contributed by atoms with Crippen LogP contribution in [-0.2, 0) is 16.4 Å². The van der Waals surface area contributed by atoms with Crippen LogP contribution in [0, 0.1) is 6.92 Å². The van der Waals surface area contributed by atoms with Gasteiger partial charge in [-0.3, -0.25) is 4.68 Å². The number of benzene rings is 1. The zero-order chi connectivity index (χ0) is 29.6. The SMILES string of the molecule is CCc1c(-c2ccc(OC)nc2)c2cc(-c3cn(C4CCN(C)CC4)nc3Cl)cnc2n1S(=O)(=O)c1ccc(C)cc1. The smallest absolute Gasteiger partial charge is 0.269 e. The molecule has 4 aromatic heterocycles. The van der Waals surface area contributed by atoms with Crippen LogP contribution in [0.2, 0.25) is 5.15 Å². The minimum Gasteiger partial charge on any atom is -0.481 e. The molecule has 1 aliphatic heterocycles. The second-order valence-corrected chi connectivity index (χ2v) is 12.9. The van der Waals surface area contributed by atoms with E-state index in [1.165, 1.54) is 3.97 Å². The molecule has 11 heteroatoms. The number of methoxy groups -OCH3 is 1. The largest absolute Gasteiger partial charge is 0.481 e. The molecule has 0 radical (unpaired) electrons. The molecule has 1 aromatic carbocycles. The third-order valence-electron chi connectivity index (χ3n) is 8.05. The number of nitrogens with zero attached hydrogens (tertiary/aromatic N) is 6. The lowest BCUT2D eigenvalue weighted by Crippen LogP contribution is -2.31. The maximum absolute atomic E-state index is 14.1. The first-order valence-corrected chi connectivity index (χ1v) is 15.8. The van der Waals surface area contributed by atoms with Gasteiger partial charge in [0.2, 0.25) is 5.88 Å². The van der Waals surface area contributed by atoms with E-state index in [1.807, 2.05) is 36.9 Å². The van der Waals surface area contributed by atoms with Crippen LogP contribution >= 0.6 is 11.6 Å². The summed E-state index contributed by atoms with van der Waals surface area (Å²) in [6, 6.07) is 12.8. The van der Waals surface area contributed by atoms with Gasteiger partial charge in [0.05, 0.1) is 18.0 Å². The summed E-state index contributed by atoms with van der Waals surface area (Å²) in [6.07, 6.45) is 7.82. The van der Waals surface area contributed by atoms with Gasteiger partial charge in [0.1, 0.15) is 0 Å². The third-order valence-corrected chi connectivity index (χ3v) is 10.1. The first kappa shape index (κ1) is 28.4. The number of hydrogen-bond acceptors (Lipinski definition) is 7. The number of pyridine rings is 2. The predicted octanol–water partition coefficient (Wildman–Crippen LogP) is 6.00. The van der Waals surface area contributed by atoms with Gasteiger partial charge in [-0.1, -0.05) is 36.2 Å². The number of likely N-dealkylation sites (tertiary alicyclic amines) is 1. The molecule has 0 N–H and O–H groups in total. The van der Waals surface area contributed by atoms with E-state index in [9.17, 15) is 8.42 Å². The highest BCUT2D eigenvalue weighted by atomic mass is 35.5. The first-order valence-electron chi connectivity index (χ1n) is 14.0. The van der Waals surface area contributed by atoms with E-state index >= 15 is 0 Å². The minimum absolute atomic E-state index is 0.201. The summed E-state index contributed by atoms with van der Waals surface area (Å²) in [5, 5.41) is 5.73. The number of ether oxygens (including phenoxy) is 1. The second-order valence-electron chi connectivity index (χ2n) is 10.8. The van der Waals surface area contributed by atoms with E-state index < -0.39 is 10.0 Å². The van der Waals surface area contributed by atoms with Gasteiger partial charge in [-0.05, 0) is 70.6 Å². The summed E-state index contributed by atoms with van der Waals surface area (Å²) in [5.41, 5.74) is 5.00. The van der Waals surface area contributed by atoms with Crippen molar-refractivity contribution in [1.29, 1.82) is 0 Å². The lowest BCUT2D eigenvalue weighted by Gasteiger charge is -2.28. The van der Waals surface area contributed by atoms with Crippen LogP contribution in [0.3, 0.4) is 0 Å². The molecule has 9 nitrogen and oxygen atoms in total. The van der Waals surface area contributed by atoms with Crippen LogP contribution < -0.4 is 4.74 Å². The standard InChI is InChI=1S/C31H33ClN6O3S/c1-5-27-29(21-8-11-28(41-4)33-17-21)25-16-22(26-19-37(35-30(26)32)23-12-14-36(3)15-13-23)18-34-31(25)38(27)42(39,40)24-9-6-20(2)7-10-24/h6-11,16-19,23H,5,12-15H2,1-4H3. The highest BCUT2D eigenvalue weighted by Crippen LogP contribution is 2.40. The number of halogens is 1. The van der Waals surface area contributed by atoms with Crippen molar-refractivity contribution in [1.82, 2.24) is 28.6 Å². The summed E-state index contributed by atoms with van der Waals surface area (Å²) in [7, 11) is -0.273. The molecule has 1 aliphatic rings. The lowest BCUT2D eigenvalue weighted by atomic mass is 10.0. The van der Waals surface area contributed by atoms with Crippen molar-refractivity contribution in [2.45, 2.75) is 44.0 Å². The molecule has 1 fully saturated rings. The molecule has 0 unspecified atom stereocenters. The maximum atomic E-state index is 14.1. The van der Waals surface area contributed by atoms with Crippen molar-refractivity contribution in [3.05, 3.63) is 77.5 Å². The fourth-order valence-electron chi connectivity index (χ4n) is 5.71. The maximum Gasteiger partial charge on any atom is 0.269 e. The first-order chi connectivity index (χ1) is 20.2. The Balaban J connectivity index is 1.55. The van der Waals surface area contributed by atoms with Gasteiger partial charge in [-0.15, -0.1) is 0 Å². The molecule has 42 heavy (non-hydrogen) atoms. The Hall–Kier alpha value is -3.73. The fraction of sp³-hybridized carbons (Fsp3) is 0.323. The van der Waals surface area contributed by atoms with Crippen molar-refractivity contribution in [3.8, 4) is 28.1 Å². The number of rotatable bonds is 7. The lowest BCUT2D eigenvalue weighted by molar-refractivity contribution is 0.212. The van der Waals surface area contributed by atoms with Crippen LogP contribution in [0.15, 0.2) is 66.0 Å². The normalized spacial score (nSPS) is 15.0. The average molecular weight is 605 g/mol. The molecule has 0 spiro atoms. The number of fused-ring (bicyclic) bond motifs is 1. The third kappa shape index (κ3) is 4.97. The number of piperidine rings is 1. The van der Waals surface area contributed by atoms with E-state index in [2.05, 4.69) is 22.0 Å². The Morgan fingerprint density at radius 1 is 1.02 bits per heavy atom. The monoisotopic (exact) mass is 604 g/mol. The number of hydrogen-bond donors (Lipinski definition) is 0. The molecule has 5 heterocycles. The van der Waals surface area contributed by atoms with Gasteiger partial charge in [0.15, 0.2) is 10.8 Å². The molecule has 0 amide bonds. The van der Waals surface area contributed by atoms with Gasteiger partial charge in [0.25, 0.3) is 10.0 Å². The molecule has 0 aliphatic carbocycles. The Morgan fingerprint density at radius 2 is 1.74 bits per heavy atom. The van der Waals surface area contributed by atoms with E-state index in [0.29, 0.717) is 34.2 Å². The highest BCUT2D eigenvalue weighted by molar-refractivity contribution is 7.90. The number of aromatic nitrogens is 5.